The summed E-state index contributed by atoms with van der Waals surface area (Å²) in [5.41, 5.74) is 6.72. The summed E-state index contributed by atoms with van der Waals surface area (Å²) in [4.78, 5) is 0. The summed E-state index contributed by atoms with van der Waals surface area (Å²) >= 11 is 3.53. The van der Waals surface area contributed by atoms with Crippen molar-refractivity contribution in [2.75, 3.05) is 0 Å². The van der Waals surface area contributed by atoms with Gasteiger partial charge in [-0.15, -0.1) is 0 Å². The van der Waals surface area contributed by atoms with Crippen molar-refractivity contribution in [3.05, 3.63) is 28.2 Å². The van der Waals surface area contributed by atoms with Crippen LogP contribution in [-0.4, -0.2) is 6.10 Å². The van der Waals surface area contributed by atoms with Crippen LogP contribution in [-0.2, 0) is 6.54 Å². The highest BCUT2D eigenvalue weighted by Gasteiger charge is 2.15. The SMILES string of the molecule is NCc1ccc(OC2CCCCC2)c(Br)c1. The molecule has 1 aromatic carbocycles. The summed E-state index contributed by atoms with van der Waals surface area (Å²) in [6.07, 6.45) is 6.71. The van der Waals surface area contributed by atoms with Crippen LogP contribution in [0, 0.1) is 0 Å². The molecule has 88 valence electrons. The van der Waals surface area contributed by atoms with Gasteiger partial charge in [-0.05, 0) is 59.3 Å². The van der Waals surface area contributed by atoms with E-state index in [0.717, 1.165) is 15.8 Å². The monoisotopic (exact) mass is 283 g/mol. The second-order valence-electron chi connectivity index (χ2n) is 4.35. The van der Waals surface area contributed by atoms with E-state index in [4.69, 9.17) is 10.5 Å². The molecule has 1 aromatic rings. The zero-order valence-electron chi connectivity index (χ0n) is 9.42. The highest BCUT2D eigenvalue weighted by Crippen LogP contribution is 2.30. The van der Waals surface area contributed by atoms with Crippen LogP contribution >= 0.6 is 15.9 Å². The highest BCUT2D eigenvalue weighted by atomic mass is 79.9. The van der Waals surface area contributed by atoms with Gasteiger partial charge in [0.1, 0.15) is 5.75 Å². The van der Waals surface area contributed by atoms with Crippen molar-refractivity contribution in [1.82, 2.24) is 0 Å². The third-order valence-corrected chi connectivity index (χ3v) is 3.70. The lowest BCUT2D eigenvalue weighted by Crippen LogP contribution is -2.19. The highest BCUT2D eigenvalue weighted by molar-refractivity contribution is 9.10. The van der Waals surface area contributed by atoms with E-state index in [-0.39, 0.29) is 0 Å². The molecule has 2 nitrogen and oxygen atoms in total. The van der Waals surface area contributed by atoms with Crippen molar-refractivity contribution in [1.29, 1.82) is 0 Å². The van der Waals surface area contributed by atoms with Crippen molar-refractivity contribution in [2.45, 2.75) is 44.8 Å². The first-order chi connectivity index (χ1) is 7.79. The fourth-order valence-corrected chi connectivity index (χ4v) is 2.65. The van der Waals surface area contributed by atoms with Gasteiger partial charge in [0.2, 0.25) is 0 Å². The molecular formula is C13H18BrNO. The maximum atomic E-state index is 6.00. The molecule has 2 N–H and O–H groups in total. The predicted octanol–water partition coefficient (Wildman–Crippen LogP) is 3.62. The Kier molecular flexibility index (Phi) is 4.24. The summed E-state index contributed by atoms with van der Waals surface area (Å²) in [6, 6.07) is 6.09. The molecule has 0 atom stereocenters. The Labute approximate surface area is 105 Å². The van der Waals surface area contributed by atoms with Gasteiger partial charge in [-0.25, -0.2) is 0 Å². The summed E-state index contributed by atoms with van der Waals surface area (Å²) < 4.78 is 7.01. The standard InChI is InChI=1S/C13H18BrNO/c14-12-8-10(9-15)6-7-13(12)16-11-4-2-1-3-5-11/h6-8,11H,1-5,9,15H2. The van der Waals surface area contributed by atoms with Crippen molar-refractivity contribution >= 4 is 15.9 Å². The minimum Gasteiger partial charge on any atom is -0.489 e. The first kappa shape index (κ1) is 11.9. The van der Waals surface area contributed by atoms with E-state index < -0.39 is 0 Å². The summed E-state index contributed by atoms with van der Waals surface area (Å²) in [7, 11) is 0. The minimum absolute atomic E-state index is 0.397. The van der Waals surface area contributed by atoms with E-state index in [1.54, 1.807) is 0 Å². The topological polar surface area (TPSA) is 35.2 Å². The Morgan fingerprint density at radius 2 is 2.00 bits per heavy atom. The molecule has 0 heterocycles. The van der Waals surface area contributed by atoms with Crippen molar-refractivity contribution in [2.24, 2.45) is 5.73 Å². The number of halogens is 1. The quantitative estimate of drug-likeness (QED) is 0.920. The van der Waals surface area contributed by atoms with Gasteiger partial charge in [0, 0.05) is 6.54 Å². The van der Waals surface area contributed by atoms with Gasteiger partial charge in [0.15, 0.2) is 0 Å². The van der Waals surface area contributed by atoms with E-state index in [0.29, 0.717) is 12.6 Å². The van der Waals surface area contributed by atoms with Crippen LogP contribution < -0.4 is 10.5 Å². The van der Waals surface area contributed by atoms with Crippen molar-refractivity contribution in [3.8, 4) is 5.75 Å². The smallest absolute Gasteiger partial charge is 0.133 e. The van der Waals surface area contributed by atoms with E-state index >= 15 is 0 Å². The van der Waals surface area contributed by atoms with Crippen LogP contribution in [0.15, 0.2) is 22.7 Å². The van der Waals surface area contributed by atoms with Crippen LogP contribution in [0.25, 0.3) is 0 Å². The van der Waals surface area contributed by atoms with Gasteiger partial charge in [-0.1, -0.05) is 12.5 Å². The molecule has 0 amide bonds. The van der Waals surface area contributed by atoms with E-state index in [1.165, 1.54) is 32.1 Å². The summed E-state index contributed by atoms with van der Waals surface area (Å²) in [5.74, 6) is 0.948. The summed E-state index contributed by atoms with van der Waals surface area (Å²) in [5, 5.41) is 0. The fourth-order valence-electron chi connectivity index (χ4n) is 2.13. The molecule has 0 aliphatic heterocycles. The van der Waals surface area contributed by atoms with Gasteiger partial charge >= 0.3 is 0 Å². The number of benzene rings is 1. The third-order valence-electron chi connectivity index (χ3n) is 3.08. The predicted molar refractivity (Wildman–Crippen MR) is 69.5 cm³/mol. The minimum atomic E-state index is 0.397. The number of nitrogens with two attached hydrogens (primary N) is 1. The number of hydrogen-bond donors (Lipinski definition) is 1. The Morgan fingerprint density at radius 1 is 1.25 bits per heavy atom. The fraction of sp³-hybridized carbons (Fsp3) is 0.538. The maximum Gasteiger partial charge on any atom is 0.133 e. The molecule has 1 fully saturated rings. The molecule has 0 bridgehead atoms. The molecule has 1 aliphatic rings. The van der Waals surface area contributed by atoms with Gasteiger partial charge in [-0.2, -0.15) is 0 Å². The summed E-state index contributed by atoms with van der Waals surface area (Å²) in [6.45, 7) is 0.572. The van der Waals surface area contributed by atoms with Gasteiger partial charge in [-0.3, -0.25) is 0 Å². The van der Waals surface area contributed by atoms with Gasteiger partial charge in [0.05, 0.1) is 10.6 Å². The Hall–Kier alpha value is -0.540. The van der Waals surface area contributed by atoms with Crippen LogP contribution in [0.3, 0.4) is 0 Å². The van der Waals surface area contributed by atoms with Crippen molar-refractivity contribution in [3.63, 3.8) is 0 Å². The average molecular weight is 284 g/mol. The zero-order chi connectivity index (χ0) is 11.4. The molecule has 3 heteroatoms. The normalized spacial score (nSPS) is 17.4. The first-order valence-corrected chi connectivity index (χ1v) is 6.74. The lowest BCUT2D eigenvalue weighted by molar-refractivity contribution is 0.154. The van der Waals surface area contributed by atoms with E-state index in [2.05, 4.69) is 15.9 Å². The zero-order valence-corrected chi connectivity index (χ0v) is 11.0. The van der Waals surface area contributed by atoms with Crippen molar-refractivity contribution < 1.29 is 4.74 Å². The molecule has 0 radical (unpaired) electrons. The Bertz CT molecular complexity index is 348. The second kappa shape index (κ2) is 5.69. The van der Waals surface area contributed by atoms with Crippen LogP contribution in [0.5, 0.6) is 5.75 Å². The maximum absolute atomic E-state index is 6.00. The molecule has 2 rings (SSSR count). The lowest BCUT2D eigenvalue weighted by Gasteiger charge is -2.23. The molecule has 0 saturated heterocycles. The number of hydrogen-bond acceptors (Lipinski definition) is 2. The van der Waals surface area contributed by atoms with E-state index in [9.17, 15) is 0 Å². The van der Waals surface area contributed by atoms with Gasteiger partial charge in [0.25, 0.3) is 0 Å². The van der Waals surface area contributed by atoms with Crippen LogP contribution in [0.2, 0.25) is 0 Å². The molecule has 0 aromatic heterocycles. The van der Waals surface area contributed by atoms with E-state index in [1.807, 2.05) is 18.2 Å². The number of ether oxygens (including phenoxy) is 1. The largest absolute Gasteiger partial charge is 0.489 e. The number of rotatable bonds is 3. The van der Waals surface area contributed by atoms with Gasteiger partial charge < -0.3 is 10.5 Å². The molecule has 1 saturated carbocycles. The Balaban J connectivity index is 2.03. The first-order valence-electron chi connectivity index (χ1n) is 5.95. The van der Waals surface area contributed by atoms with Crippen LogP contribution in [0.4, 0.5) is 0 Å². The molecule has 0 unspecified atom stereocenters. The average Bonchev–Trinajstić information content (AvgIpc) is 2.33. The second-order valence-corrected chi connectivity index (χ2v) is 5.20. The Morgan fingerprint density at radius 3 is 2.62 bits per heavy atom. The molecular weight excluding hydrogens is 266 g/mol. The lowest BCUT2D eigenvalue weighted by atomic mass is 9.98. The molecule has 1 aliphatic carbocycles. The van der Waals surface area contributed by atoms with Crippen LogP contribution in [0.1, 0.15) is 37.7 Å². The third kappa shape index (κ3) is 2.98. The molecule has 16 heavy (non-hydrogen) atoms. The molecule has 0 spiro atoms.